The summed E-state index contributed by atoms with van der Waals surface area (Å²) in [4.78, 5) is 12.3. The molecule has 3 aromatic rings. The molecular formula is C19H19ClN4OS. The van der Waals surface area contributed by atoms with Crippen molar-refractivity contribution in [1.82, 2.24) is 14.8 Å². The van der Waals surface area contributed by atoms with Gasteiger partial charge in [0.25, 0.3) is 0 Å². The highest BCUT2D eigenvalue weighted by atomic mass is 35.5. The number of rotatable bonds is 6. The molecule has 0 spiro atoms. The third-order valence-electron chi connectivity index (χ3n) is 3.84. The predicted molar refractivity (Wildman–Crippen MR) is 106 cm³/mol. The van der Waals surface area contributed by atoms with Gasteiger partial charge in [0.05, 0.1) is 5.75 Å². The van der Waals surface area contributed by atoms with Crippen molar-refractivity contribution >= 4 is 35.0 Å². The Kier molecular flexibility index (Phi) is 5.96. The van der Waals surface area contributed by atoms with Crippen LogP contribution in [0.4, 0.5) is 5.69 Å². The minimum atomic E-state index is -0.110. The van der Waals surface area contributed by atoms with Crippen LogP contribution in [-0.2, 0) is 11.2 Å². The van der Waals surface area contributed by atoms with Crippen molar-refractivity contribution < 1.29 is 4.79 Å². The number of aryl methyl sites for hydroxylation is 2. The molecule has 0 saturated carbocycles. The van der Waals surface area contributed by atoms with Crippen LogP contribution >= 0.6 is 23.4 Å². The summed E-state index contributed by atoms with van der Waals surface area (Å²) in [6.45, 7) is 3.96. The maximum absolute atomic E-state index is 12.3. The van der Waals surface area contributed by atoms with Crippen molar-refractivity contribution in [1.29, 1.82) is 0 Å². The highest BCUT2D eigenvalue weighted by Gasteiger charge is 2.15. The van der Waals surface area contributed by atoms with Gasteiger partial charge in [-0.2, -0.15) is 0 Å². The highest BCUT2D eigenvalue weighted by Crippen LogP contribution is 2.24. The number of para-hydroxylation sites is 1. The van der Waals surface area contributed by atoms with E-state index >= 15 is 0 Å². The Labute approximate surface area is 161 Å². The molecule has 2 aromatic carbocycles. The zero-order chi connectivity index (χ0) is 18.5. The first-order chi connectivity index (χ1) is 12.6. The van der Waals surface area contributed by atoms with Crippen LogP contribution in [0.2, 0.25) is 5.02 Å². The van der Waals surface area contributed by atoms with E-state index in [1.54, 1.807) is 12.1 Å². The third kappa shape index (κ3) is 4.26. The lowest BCUT2D eigenvalue weighted by Gasteiger charge is -2.10. The Balaban J connectivity index is 1.73. The Morgan fingerprint density at radius 3 is 2.69 bits per heavy atom. The molecule has 0 saturated heterocycles. The van der Waals surface area contributed by atoms with Gasteiger partial charge in [0, 0.05) is 22.8 Å². The lowest BCUT2D eigenvalue weighted by molar-refractivity contribution is -0.113. The molecule has 3 rings (SSSR count). The van der Waals surface area contributed by atoms with Crippen molar-refractivity contribution in [2.75, 3.05) is 11.1 Å². The highest BCUT2D eigenvalue weighted by molar-refractivity contribution is 7.99. The van der Waals surface area contributed by atoms with Crippen LogP contribution in [-0.4, -0.2) is 26.4 Å². The molecule has 0 radical (unpaired) electrons. The second kappa shape index (κ2) is 8.38. The van der Waals surface area contributed by atoms with Crippen LogP contribution in [0.15, 0.2) is 53.7 Å². The van der Waals surface area contributed by atoms with E-state index in [-0.39, 0.29) is 11.7 Å². The number of amides is 1. The Morgan fingerprint density at radius 2 is 1.96 bits per heavy atom. The summed E-state index contributed by atoms with van der Waals surface area (Å²) in [6.07, 6.45) is 0.760. The number of hydrogen-bond donors (Lipinski definition) is 1. The van der Waals surface area contributed by atoms with Gasteiger partial charge in [0.15, 0.2) is 5.16 Å². The number of carbonyl (C=O) groups excluding carboxylic acids is 1. The third-order valence-corrected chi connectivity index (χ3v) is 5.00. The fraction of sp³-hybridized carbons (Fsp3) is 0.211. The second-order valence-corrected chi connectivity index (χ2v) is 7.10. The Morgan fingerprint density at radius 1 is 1.19 bits per heavy atom. The standard InChI is InChI=1S/C19H19ClN4OS/c1-3-17-22-23-19(24(17)15-7-5-4-6-8-15)26-12-18(25)21-16-11-14(20)10-9-13(16)2/h4-11H,3,12H2,1-2H3,(H,21,25). The summed E-state index contributed by atoms with van der Waals surface area (Å²) in [6, 6.07) is 15.3. The monoisotopic (exact) mass is 386 g/mol. The van der Waals surface area contributed by atoms with E-state index in [2.05, 4.69) is 15.5 Å². The molecule has 7 heteroatoms. The molecule has 0 aliphatic rings. The van der Waals surface area contributed by atoms with Gasteiger partial charge in [-0.05, 0) is 36.8 Å². The van der Waals surface area contributed by atoms with Crippen LogP contribution in [0.3, 0.4) is 0 Å². The lowest BCUT2D eigenvalue weighted by atomic mass is 10.2. The molecule has 0 bridgehead atoms. The number of nitrogens with one attached hydrogen (secondary N) is 1. The van der Waals surface area contributed by atoms with Crippen molar-refractivity contribution in [3.05, 3.63) is 64.9 Å². The molecule has 134 valence electrons. The number of benzene rings is 2. The first kappa shape index (κ1) is 18.5. The van der Waals surface area contributed by atoms with E-state index in [1.165, 1.54) is 11.8 Å². The van der Waals surface area contributed by atoms with Crippen LogP contribution in [0.5, 0.6) is 0 Å². The molecule has 0 aliphatic heterocycles. The second-order valence-electron chi connectivity index (χ2n) is 5.72. The number of hydrogen-bond acceptors (Lipinski definition) is 4. The molecule has 5 nitrogen and oxygen atoms in total. The minimum Gasteiger partial charge on any atom is -0.325 e. The van der Waals surface area contributed by atoms with E-state index in [0.29, 0.717) is 10.2 Å². The quantitative estimate of drug-likeness (QED) is 0.632. The molecule has 1 N–H and O–H groups in total. The van der Waals surface area contributed by atoms with Crippen LogP contribution in [0.1, 0.15) is 18.3 Å². The maximum Gasteiger partial charge on any atom is 0.234 e. The first-order valence-electron chi connectivity index (χ1n) is 8.27. The first-order valence-corrected chi connectivity index (χ1v) is 9.63. The number of thioether (sulfide) groups is 1. The predicted octanol–water partition coefficient (Wildman–Crippen LogP) is 4.52. The van der Waals surface area contributed by atoms with Crippen LogP contribution in [0, 0.1) is 6.92 Å². The zero-order valence-corrected chi connectivity index (χ0v) is 16.1. The average Bonchev–Trinajstić information content (AvgIpc) is 3.07. The zero-order valence-electron chi connectivity index (χ0n) is 14.6. The van der Waals surface area contributed by atoms with Gasteiger partial charge >= 0.3 is 0 Å². The molecule has 0 aliphatic carbocycles. The number of aromatic nitrogens is 3. The average molecular weight is 387 g/mol. The largest absolute Gasteiger partial charge is 0.325 e. The summed E-state index contributed by atoms with van der Waals surface area (Å²) in [5.41, 5.74) is 2.68. The van der Waals surface area contributed by atoms with Gasteiger partial charge in [-0.3, -0.25) is 9.36 Å². The van der Waals surface area contributed by atoms with Gasteiger partial charge in [-0.25, -0.2) is 0 Å². The van der Waals surface area contributed by atoms with Gasteiger partial charge in [0.2, 0.25) is 5.91 Å². The van der Waals surface area contributed by atoms with Crippen molar-refractivity contribution in [3.8, 4) is 5.69 Å². The lowest BCUT2D eigenvalue weighted by Crippen LogP contribution is -2.15. The molecule has 1 heterocycles. The minimum absolute atomic E-state index is 0.110. The fourth-order valence-corrected chi connectivity index (χ4v) is 3.45. The number of anilines is 1. The molecule has 1 amide bonds. The molecule has 0 fully saturated rings. The van der Waals surface area contributed by atoms with E-state index in [0.717, 1.165) is 29.2 Å². The van der Waals surface area contributed by atoms with Crippen molar-refractivity contribution in [2.24, 2.45) is 0 Å². The molecule has 0 atom stereocenters. The van der Waals surface area contributed by atoms with Gasteiger partial charge in [-0.1, -0.05) is 54.6 Å². The van der Waals surface area contributed by atoms with E-state index in [4.69, 9.17) is 11.6 Å². The number of halogens is 1. The van der Waals surface area contributed by atoms with E-state index < -0.39 is 0 Å². The summed E-state index contributed by atoms with van der Waals surface area (Å²) < 4.78 is 1.99. The smallest absolute Gasteiger partial charge is 0.234 e. The summed E-state index contributed by atoms with van der Waals surface area (Å²) in [5, 5.41) is 12.7. The fourth-order valence-electron chi connectivity index (χ4n) is 2.50. The topological polar surface area (TPSA) is 59.8 Å². The summed E-state index contributed by atoms with van der Waals surface area (Å²) >= 11 is 7.36. The van der Waals surface area contributed by atoms with Gasteiger partial charge in [0.1, 0.15) is 5.82 Å². The van der Waals surface area contributed by atoms with Gasteiger partial charge in [-0.15, -0.1) is 10.2 Å². The van der Waals surface area contributed by atoms with Crippen LogP contribution in [0.25, 0.3) is 5.69 Å². The normalized spacial score (nSPS) is 10.7. The number of nitrogens with zero attached hydrogens (tertiary/aromatic N) is 3. The van der Waals surface area contributed by atoms with E-state index in [1.807, 2.05) is 54.8 Å². The van der Waals surface area contributed by atoms with Crippen molar-refractivity contribution in [2.45, 2.75) is 25.4 Å². The van der Waals surface area contributed by atoms with E-state index in [9.17, 15) is 4.79 Å². The molecule has 0 unspecified atom stereocenters. The maximum atomic E-state index is 12.3. The number of carbonyl (C=O) groups is 1. The van der Waals surface area contributed by atoms with Gasteiger partial charge < -0.3 is 5.32 Å². The molecular weight excluding hydrogens is 368 g/mol. The SMILES string of the molecule is CCc1nnc(SCC(=O)Nc2cc(Cl)ccc2C)n1-c1ccccc1. The Bertz CT molecular complexity index is 911. The Hall–Kier alpha value is -2.31. The molecule has 1 aromatic heterocycles. The summed E-state index contributed by atoms with van der Waals surface area (Å²) in [5.74, 6) is 0.992. The van der Waals surface area contributed by atoms with Crippen LogP contribution < -0.4 is 5.32 Å². The molecule has 26 heavy (non-hydrogen) atoms. The summed E-state index contributed by atoms with van der Waals surface area (Å²) in [7, 11) is 0. The van der Waals surface area contributed by atoms with Crippen molar-refractivity contribution in [3.63, 3.8) is 0 Å².